The van der Waals surface area contributed by atoms with E-state index in [-0.39, 0.29) is 18.5 Å². The van der Waals surface area contributed by atoms with Gasteiger partial charge in [-0.15, -0.1) is 0 Å². The standard InChI is InChI=1S/C14H20FNO2/c1-11-6-7-16(13(11)10-17)8-9-18-14-5-3-2-4-12(14)15/h2-5,11,13,17H,6-10H2,1H3. The first-order valence-corrected chi connectivity index (χ1v) is 6.44. The van der Waals surface area contributed by atoms with Crippen LogP contribution < -0.4 is 4.74 Å². The summed E-state index contributed by atoms with van der Waals surface area (Å²) in [5, 5.41) is 9.32. The van der Waals surface area contributed by atoms with E-state index in [0.29, 0.717) is 18.3 Å². The minimum Gasteiger partial charge on any atom is -0.489 e. The summed E-state index contributed by atoms with van der Waals surface area (Å²) in [6.07, 6.45) is 1.10. The maximum atomic E-state index is 13.3. The van der Waals surface area contributed by atoms with Crippen LogP contribution in [0.4, 0.5) is 4.39 Å². The van der Waals surface area contributed by atoms with Crippen LogP contribution in [0.2, 0.25) is 0 Å². The van der Waals surface area contributed by atoms with Gasteiger partial charge in [0.2, 0.25) is 0 Å². The molecule has 0 aromatic heterocycles. The number of aliphatic hydroxyl groups excluding tert-OH is 1. The van der Waals surface area contributed by atoms with E-state index in [9.17, 15) is 9.50 Å². The zero-order chi connectivity index (χ0) is 13.0. The van der Waals surface area contributed by atoms with E-state index < -0.39 is 0 Å². The van der Waals surface area contributed by atoms with Crippen molar-refractivity contribution in [2.24, 2.45) is 5.92 Å². The van der Waals surface area contributed by atoms with E-state index in [2.05, 4.69) is 11.8 Å². The summed E-state index contributed by atoms with van der Waals surface area (Å²) in [7, 11) is 0. The van der Waals surface area contributed by atoms with E-state index in [1.165, 1.54) is 6.07 Å². The van der Waals surface area contributed by atoms with Crippen LogP contribution in [0.15, 0.2) is 24.3 Å². The Labute approximate surface area is 107 Å². The van der Waals surface area contributed by atoms with Crippen molar-refractivity contribution < 1.29 is 14.2 Å². The molecule has 0 radical (unpaired) electrons. The van der Waals surface area contributed by atoms with Gasteiger partial charge in [0.15, 0.2) is 11.6 Å². The Kier molecular flexibility index (Phi) is 4.55. The smallest absolute Gasteiger partial charge is 0.165 e. The second-order valence-electron chi connectivity index (χ2n) is 4.83. The fourth-order valence-electron chi connectivity index (χ4n) is 2.50. The molecule has 1 N–H and O–H groups in total. The Morgan fingerprint density at radius 1 is 1.44 bits per heavy atom. The topological polar surface area (TPSA) is 32.7 Å². The fraction of sp³-hybridized carbons (Fsp3) is 0.571. The lowest BCUT2D eigenvalue weighted by atomic mass is 10.0. The minimum absolute atomic E-state index is 0.181. The van der Waals surface area contributed by atoms with Gasteiger partial charge in [0.05, 0.1) is 6.61 Å². The number of para-hydroxylation sites is 1. The van der Waals surface area contributed by atoms with E-state index >= 15 is 0 Å². The highest BCUT2D eigenvalue weighted by Gasteiger charge is 2.29. The highest BCUT2D eigenvalue weighted by Crippen LogP contribution is 2.23. The van der Waals surface area contributed by atoms with E-state index in [0.717, 1.165) is 19.5 Å². The normalized spacial score (nSPS) is 24.4. The van der Waals surface area contributed by atoms with Crippen molar-refractivity contribution in [3.8, 4) is 5.75 Å². The zero-order valence-corrected chi connectivity index (χ0v) is 10.7. The lowest BCUT2D eigenvalue weighted by Crippen LogP contribution is -2.37. The molecule has 1 heterocycles. The fourth-order valence-corrected chi connectivity index (χ4v) is 2.50. The van der Waals surface area contributed by atoms with Gasteiger partial charge in [-0.25, -0.2) is 4.39 Å². The Morgan fingerprint density at radius 2 is 2.22 bits per heavy atom. The molecule has 3 nitrogen and oxygen atoms in total. The quantitative estimate of drug-likeness (QED) is 0.870. The Morgan fingerprint density at radius 3 is 2.94 bits per heavy atom. The van der Waals surface area contributed by atoms with Gasteiger partial charge in [-0.2, -0.15) is 0 Å². The van der Waals surface area contributed by atoms with Gasteiger partial charge in [0.1, 0.15) is 6.61 Å². The molecule has 0 aliphatic carbocycles. The molecule has 1 aliphatic heterocycles. The van der Waals surface area contributed by atoms with E-state index in [1.807, 2.05) is 0 Å². The summed E-state index contributed by atoms with van der Waals surface area (Å²) in [6.45, 7) is 4.49. The van der Waals surface area contributed by atoms with Crippen LogP contribution >= 0.6 is 0 Å². The van der Waals surface area contributed by atoms with Crippen molar-refractivity contribution >= 4 is 0 Å². The number of rotatable bonds is 5. The first-order valence-electron chi connectivity index (χ1n) is 6.44. The maximum Gasteiger partial charge on any atom is 0.165 e. The zero-order valence-electron chi connectivity index (χ0n) is 10.7. The van der Waals surface area contributed by atoms with Crippen LogP contribution in [0.25, 0.3) is 0 Å². The minimum atomic E-state index is -0.328. The molecule has 100 valence electrons. The molecule has 0 spiro atoms. The van der Waals surface area contributed by atoms with Crippen molar-refractivity contribution in [3.05, 3.63) is 30.1 Å². The first-order chi connectivity index (χ1) is 8.72. The molecule has 2 unspecified atom stereocenters. The molecule has 1 aliphatic rings. The lowest BCUT2D eigenvalue weighted by Gasteiger charge is -2.24. The lowest BCUT2D eigenvalue weighted by molar-refractivity contribution is 0.122. The van der Waals surface area contributed by atoms with Crippen LogP contribution in [-0.2, 0) is 0 Å². The largest absolute Gasteiger partial charge is 0.489 e. The second kappa shape index (κ2) is 6.16. The third-order valence-corrected chi connectivity index (χ3v) is 3.66. The average molecular weight is 253 g/mol. The molecule has 0 amide bonds. The van der Waals surface area contributed by atoms with Crippen molar-refractivity contribution in [1.29, 1.82) is 0 Å². The number of halogens is 1. The number of hydrogen-bond donors (Lipinski definition) is 1. The second-order valence-corrected chi connectivity index (χ2v) is 4.83. The van der Waals surface area contributed by atoms with E-state index in [4.69, 9.17) is 4.74 Å². The third-order valence-electron chi connectivity index (χ3n) is 3.66. The Hall–Kier alpha value is -1.13. The summed E-state index contributed by atoms with van der Waals surface area (Å²) in [6, 6.07) is 6.64. The highest BCUT2D eigenvalue weighted by atomic mass is 19.1. The van der Waals surface area contributed by atoms with Crippen LogP contribution in [0.5, 0.6) is 5.75 Å². The molecule has 0 saturated carbocycles. The maximum absolute atomic E-state index is 13.3. The van der Waals surface area contributed by atoms with Crippen LogP contribution in [0.1, 0.15) is 13.3 Å². The van der Waals surface area contributed by atoms with Gasteiger partial charge in [-0.05, 0) is 31.0 Å². The number of hydrogen-bond acceptors (Lipinski definition) is 3. The summed E-state index contributed by atoms with van der Waals surface area (Å²) < 4.78 is 18.7. The average Bonchev–Trinajstić information content (AvgIpc) is 2.72. The monoisotopic (exact) mass is 253 g/mol. The molecule has 4 heteroatoms. The predicted molar refractivity (Wildman–Crippen MR) is 68.1 cm³/mol. The SMILES string of the molecule is CC1CCN(CCOc2ccccc2F)C1CO. The summed E-state index contributed by atoms with van der Waals surface area (Å²) >= 11 is 0. The van der Waals surface area contributed by atoms with Gasteiger partial charge >= 0.3 is 0 Å². The van der Waals surface area contributed by atoms with Crippen molar-refractivity contribution in [3.63, 3.8) is 0 Å². The molecule has 2 atom stereocenters. The summed E-state index contributed by atoms with van der Waals surface area (Å²) in [4.78, 5) is 2.21. The van der Waals surface area contributed by atoms with Crippen LogP contribution in [0, 0.1) is 11.7 Å². The molecule has 2 rings (SSSR count). The molecular formula is C14H20FNO2. The molecule has 18 heavy (non-hydrogen) atoms. The number of likely N-dealkylation sites (tertiary alicyclic amines) is 1. The van der Waals surface area contributed by atoms with Gasteiger partial charge < -0.3 is 9.84 Å². The highest BCUT2D eigenvalue weighted by molar-refractivity contribution is 5.23. The van der Waals surface area contributed by atoms with Crippen molar-refractivity contribution in [2.75, 3.05) is 26.3 Å². The van der Waals surface area contributed by atoms with Gasteiger partial charge in [0, 0.05) is 12.6 Å². The number of aliphatic hydroxyl groups is 1. The molecule has 1 saturated heterocycles. The Balaban J connectivity index is 1.81. The van der Waals surface area contributed by atoms with Crippen molar-refractivity contribution in [2.45, 2.75) is 19.4 Å². The summed E-state index contributed by atoms with van der Waals surface area (Å²) in [5.74, 6) is 0.486. The predicted octanol–water partition coefficient (Wildman–Crippen LogP) is 1.91. The van der Waals surface area contributed by atoms with Gasteiger partial charge in [-0.3, -0.25) is 4.90 Å². The van der Waals surface area contributed by atoms with E-state index in [1.54, 1.807) is 18.2 Å². The number of ether oxygens (including phenoxy) is 1. The molecule has 1 aromatic carbocycles. The third kappa shape index (κ3) is 3.00. The molecular weight excluding hydrogens is 233 g/mol. The van der Waals surface area contributed by atoms with Gasteiger partial charge in [0.25, 0.3) is 0 Å². The first kappa shape index (κ1) is 13.3. The number of benzene rings is 1. The summed E-state index contributed by atoms with van der Waals surface area (Å²) in [5.41, 5.74) is 0. The van der Waals surface area contributed by atoms with Crippen LogP contribution in [-0.4, -0.2) is 42.4 Å². The Bertz CT molecular complexity index is 386. The molecule has 1 fully saturated rings. The molecule has 1 aromatic rings. The van der Waals surface area contributed by atoms with Gasteiger partial charge in [-0.1, -0.05) is 19.1 Å². The van der Waals surface area contributed by atoms with Crippen molar-refractivity contribution in [1.82, 2.24) is 4.90 Å². The van der Waals surface area contributed by atoms with Crippen LogP contribution in [0.3, 0.4) is 0 Å². The number of nitrogens with zero attached hydrogens (tertiary/aromatic N) is 1. The molecule has 0 bridgehead atoms.